The summed E-state index contributed by atoms with van der Waals surface area (Å²) >= 11 is 0. The molecule has 0 spiro atoms. The minimum atomic E-state index is -2.61. The molecule has 2 aliphatic carbocycles. The van der Waals surface area contributed by atoms with Crippen molar-refractivity contribution in [3.05, 3.63) is 48.7 Å². The maximum absolute atomic E-state index is 13.5. The molecule has 2 fully saturated rings. The molecule has 1 N–H and O–H groups in total. The highest BCUT2D eigenvalue weighted by Gasteiger charge is 2.45. The van der Waals surface area contributed by atoms with Crippen molar-refractivity contribution in [3.63, 3.8) is 0 Å². The first-order chi connectivity index (χ1) is 15.0. The van der Waals surface area contributed by atoms with Gasteiger partial charge in [0.15, 0.2) is 0 Å². The van der Waals surface area contributed by atoms with Crippen LogP contribution in [0.2, 0.25) is 0 Å². The van der Waals surface area contributed by atoms with Crippen LogP contribution in [0.3, 0.4) is 0 Å². The number of hydrogen-bond acceptors (Lipinski definition) is 4. The Morgan fingerprint density at radius 3 is 2.42 bits per heavy atom. The Kier molecular flexibility index (Phi) is 5.16. The molecule has 0 atom stereocenters. The maximum atomic E-state index is 13.5. The highest BCUT2D eigenvalue weighted by atomic mass is 19.3. The second kappa shape index (κ2) is 7.98. The van der Waals surface area contributed by atoms with Crippen molar-refractivity contribution >= 4 is 5.95 Å². The van der Waals surface area contributed by atoms with Gasteiger partial charge in [0.2, 0.25) is 5.95 Å². The van der Waals surface area contributed by atoms with Crippen molar-refractivity contribution in [2.75, 3.05) is 5.32 Å². The minimum absolute atomic E-state index is 0.207. The van der Waals surface area contributed by atoms with Gasteiger partial charge in [0.05, 0.1) is 23.4 Å². The molecule has 162 valence electrons. The summed E-state index contributed by atoms with van der Waals surface area (Å²) in [7, 11) is 0. The fourth-order valence-corrected chi connectivity index (χ4v) is 4.58. The van der Waals surface area contributed by atoms with E-state index in [9.17, 15) is 13.2 Å². The Morgan fingerprint density at radius 2 is 1.71 bits per heavy atom. The van der Waals surface area contributed by atoms with E-state index in [1.807, 2.05) is 12.4 Å². The average Bonchev–Trinajstić information content (AvgIpc) is 3.19. The maximum Gasteiger partial charge on any atom is 0.252 e. The second-order valence-corrected chi connectivity index (χ2v) is 8.52. The topological polar surface area (TPSA) is 55.6 Å². The number of nitrogens with one attached hydrogen (secondary N) is 1. The van der Waals surface area contributed by atoms with Crippen LogP contribution in [0.1, 0.15) is 51.0 Å². The number of anilines is 1. The summed E-state index contributed by atoms with van der Waals surface area (Å²) in [5.41, 5.74) is 3.05. The van der Waals surface area contributed by atoms with E-state index in [0.29, 0.717) is 17.7 Å². The van der Waals surface area contributed by atoms with Gasteiger partial charge in [-0.05, 0) is 43.2 Å². The largest absolute Gasteiger partial charge is 0.351 e. The van der Waals surface area contributed by atoms with Gasteiger partial charge in [-0.15, -0.1) is 0 Å². The summed E-state index contributed by atoms with van der Waals surface area (Å²) in [6, 6.07) is 8.06. The normalized spacial score (nSPS) is 19.2. The van der Waals surface area contributed by atoms with E-state index in [4.69, 9.17) is 0 Å². The van der Waals surface area contributed by atoms with E-state index in [-0.39, 0.29) is 24.7 Å². The van der Waals surface area contributed by atoms with Crippen LogP contribution in [0.15, 0.2) is 42.9 Å². The lowest BCUT2D eigenvalue weighted by Crippen LogP contribution is -2.44. The minimum Gasteiger partial charge on any atom is -0.351 e. The van der Waals surface area contributed by atoms with E-state index in [1.165, 1.54) is 31.4 Å². The molecule has 31 heavy (non-hydrogen) atoms. The highest BCUT2D eigenvalue weighted by molar-refractivity contribution is 5.77. The van der Waals surface area contributed by atoms with Crippen LogP contribution in [-0.4, -0.2) is 31.5 Å². The van der Waals surface area contributed by atoms with E-state index in [2.05, 4.69) is 24.8 Å². The van der Waals surface area contributed by atoms with E-state index >= 15 is 0 Å². The Balaban J connectivity index is 1.52. The molecule has 2 aliphatic rings. The number of nitrogens with zero attached hydrogens (tertiary/aromatic N) is 4. The fourth-order valence-electron chi connectivity index (χ4n) is 4.58. The first-order valence-corrected chi connectivity index (χ1v) is 10.8. The SMILES string of the molecule is Fc1ccc(-c2ncn(C3CCCCC3)c2-c2ccnc(NC3CC(F)(F)C3)n2)cc1. The summed E-state index contributed by atoms with van der Waals surface area (Å²) in [6.07, 6.45) is 8.77. The summed E-state index contributed by atoms with van der Waals surface area (Å²) in [5.74, 6) is -2.58. The van der Waals surface area contributed by atoms with E-state index < -0.39 is 5.92 Å². The number of alkyl halides is 2. The number of rotatable bonds is 5. The summed E-state index contributed by atoms with van der Waals surface area (Å²) in [6.45, 7) is 0. The third-order valence-electron chi connectivity index (χ3n) is 6.20. The van der Waals surface area contributed by atoms with Gasteiger partial charge in [-0.2, -0.15) is 0 Å². The average molecular weight is 427 g/mol. The molecule has 2 aromatic heterocycles. The Labute approximate surface area is 178 Å². The van der Waals surface area contributed by atoms with Crippen molar-refractivity contribution in [2.45, 2.75) is 63.0 Å². The molecule has 0 radical (unpaired) electrons. The van der Waals surface area contributed by atoms with Crippen molar-refractivity contribution in [1.29, 1.82) is 0 Å². The summed E-state index contributed by atoms with van der Waals surface area (Å²) in [5, 5.41) is 3.02. The van der Waals surface area contributed by atoms with Crippen LogP contribution in [0.4, 0.5) is 19.1 Å². The lowest BCUT2D eigenvalue weighted by molar-refractivity contribution is -0.0794. The molecule has 0 amide bonds. The lowest BCUT2D eigenvalue weighted by atomic mass is 9.88. The van der Waals surface area contributed by atoms with Crippen LogP contribution in [-0.2, 0) is 0 Å². The van der Waals surface area contributed by atoms with Gasteiger partial charge in [-0.3, -0.25) is 0 Å². The van der Waals surface area contributed by atoms with Gasteiger partial charge in [-0.25, -0.2) is 28.1 Å². The van der Waals surface area contributed by atoms with Crippen LogP contribution >= 0.6 is 0 Å². The van der Waals surface area contributed by atoms with Crippen molar-refractivity contribution in [2.24, 2.45) is 0 Å². The molecular weight excluding hydrogens is 403 g/mol. The Bertz CT molecular complexity index is 1050. The molecule has 8 heteroatoms. The number of imidazole rings is 1. The third-order valence-corrected chi connectivity index (χ3v) is 6.20. The third kappa shape index (κ3) is 4.16. The zero-order valence-corrected chi connectivity index (χ0v) is 17.1. The zero-order chi connectivity index (χ0) is 21.4. The monoisotopic (exact) mass is 427 g/mol. The molecule has 5 nitrogen and oxygen atoms in total. The fraction of sp³-hybridized carbons (Fsp3) is 0.435. The lowest BCUT2D eigenvalue weighted by Gasteiger charge is -2.35. The smallest absolute Gasteiger partial charge is 0.252 e. The zero-order valence-electron chi connectivity index (χ0n) is 17.1. The molecule has 5 rings (SSSR count). The molecule has 1 aromatic carbocycles. The summed E-state index contributed by atoms with van der Waals surface area (Å²) < 4.78 is 42.1. The van der Waals surface area contributed by atoms with Crippen molar-refractivity contribution in [3.8, 4) is 22.6 Å². The number of hydrogen-bond donors (Lipinski definition) is 1. The molecule has 3 aromatic rings. The number of aromatic nitrogens is 4. The molecule has 0 saturated heterocycles. The predicted octanol–water partition coefficient (Wildman–Crippen LogP) is 5.86. The molecule has 2 saturated carbocycles. The van der Waals surface area contributed by atoms with Crippen LogP contribution in [0, 0.1) is 5.82 Å². The molecule has 0 unspecified atom stereocenters. The van der Waals surface area contributed by atoms with Gasteiger partial charge in [0.1, 0.15) is 5.82 Å². The summed E-state index contributed by atoms with van der Waals surface area (Å²) in [4.78, 5) is 13.5. The Morgan fingerprint density at radius 1 is 0.968 bits per heavy atom. The van der Waals surface area contributed by atoms with E-state index in [1.54, 1.807) is 18.3 Å². The molecule has 2 heterocycles. The number of benzene rings is 1. The van der Waals surface area contributed by atoms with Crippen LogP contribution in [0.25, 0.3) is 22.6 Å². The Hall–Kier alpha value is -2.90. The standard InChI is InChI=1S/C23H24F3N5/c24-16-8-6-15(7-9-16)20-21(31(14-28-20)18-4-2-1-3-5-18)19-10-11-27-22(30-19)29-17-12-23(25,26)13-17/h6-11,14,17-18H,1-5,12-13H2,(H,27,29,30). The van der Waals surface area contributed by atoms with Crippen LogP contribution in [0.5, 0.6) is 0 Å². The molecule has 0 aliphatic heterocycles. The first-order valence-electron chi connectivity index (χ1n) is 10.8. The van der Waals surface area contributed by atoms with Crippen molar-refractivity contribution in [1.82, 2.24) is 19.5 Å². The van der Waals surface area contributed by atoms with Gasteiger partial charge >= 0.3 is 0 Å². The van der Waals surface area contributed by atoms with Crippen LogP contribution < -0.4 is 5.32 Å². The van der Waals surface area contributed by atoms with Gasteiger partial charge in [0, 0.05) is 36.7 Å². The predicted molar refractivity (Wildman–Crippen MR) is 112 cm³/mol. The van der Waals surface area contributed by atoms with Gasteiger partial charge in [-0.1, -0.05) is 19.3 Å². The van der Waals surface area contributed by atoms with E-state index in [0.717, 1.165) is 29.8 Å². The second-order valence-electron chi connectivity index (χ2n) is 8.52. The quantitative estimate of drug-likeness (QED) is 0.554. The number of halogens is 3. The molecule has 0 bridgehead atoms. The van der Waals surface area contributed by atoms with Gasteiger partial charge < -0.3 is 9.88 Å². The highest BCUT2D eigenvalue weighted by Crippen LogP contribution is 2.40. The molecular formula is C23H24F3N5. The first kappa shape index (κ1) is 20.0. The van der Waals surface area contributed by atoms with Crippen molar-refractivity contribution < 1.29 is 13.2 Å². The van der Waals surface area contributed by atoms with Gasteiger partial charge in [0.25, 0.3) is 5.92 Å².